The minimum absolute atomic E-state index is 0.114. The minimum Gasteiger partial charge on any atom is -0.550 e. The number of thiophene rings is 1. The zero-order chi connectivity index (χ0) is 17.6. The molecule has 3 N–H and O–H groups in total. The highest BCUT2D eigenvalue weighted by Gasteiger charge is 2.45. The molecule has 1 aromatic rings. The number of rotatable bonds is 4. The minimum atomic E-state index is -1.19. The highest BCUT2D eigenvalue weighted by molar-refractivity contribution is 7.16. The Morgan fingerprint density at radius 1 is 1.17 bits per heavy atom. The molecule has 24 heavy (non-hydrogen) atoms. The monoisotopic (exact) mass is 347 g/mol. The summed E-state index contributed by atoms with van der Waals surface area (Å²) in [6.45, 7) is 3.62. The molecule has 0 saturated heterocycles. The van der Waals surface area contributed by atoms with Crippen molar-refractivity contribution in [2.24, 2.45) is 29.4 Å². The molecule has 0 spiro atoms. The first-order chi connectivity index (χ1) is 11.3. The van der Waals surface area contributed by atoms with Crippen LogP contribution in [0.1, 0.15) is 33.6 Å². The van der Waals surface area contributed by atoms with Gasteiger partial charge in [-0.05, 0) is 44.1 Å². The predicted octanol–water partition coefficient (Wildman–Crippen LogP) is 0.981. The van der Waals surface area contributed by atoms with Gasteiger partial charge in [0.1, 0.15) is 5.00 Å². The predicted molar refractivity (Wildman–Crippen MR) is 88.3 cm³/mol. The number of carbonyl (C=O) groups is 3. The van der Waals surface area contributed by atoms with Gasteiger partial charge in [0.25, 0.3) is 5.91 Å². The molecular weight excluding hydrogens is 328 g/mol. The van der Waals surface area contributed by atoms with Crippen LogP contribution in [0.4, 0.5) is 5.00 Å². The van der Waals surface area contributed by atoms with E-state index in [2.05, 4.69) is 5.32 Å². The zero-order valence-electron chi connectivity index (χ0n) is 13.5. The van der Waals surface area contributed by atoms with Gasteiger partial charge in [-0.1, -0.05) is 12.2 Å². The van der Waals surface area contributed by atoms with Crippen molar-refractivity contribution in [3.63, 3.8) is 0 Å². The first-order valence-corrected chi connectivity index (χ1v) is 8.72. The molecule has 1 aromatic heterocycles. The molecule has 3 aliphatic rings. The molecule has 7 heteroatoms. The Morgan fingerprint density at radius 3 is 2.25 bits per heavy atom. The summed E-state index contributed by atoms with van der Waals surface area (Å²) in [5.41, 5.74) is 6.46. The van der Waals surface area contributed by atoms with Gasteiger partial charge in [-0.25, -0.2) is 0 Å². The lowest BCUT2D eigenvalue weighted by Gasteiger charge is -2.44. The summed E-state index contributed by atoms with van der Waals surface area (Å²) in [5.74, 6) is -3.96. The lowest BCUT2D eigenvalue weighted by Crippen LogP contribution is -2.51. The number of primary amides is 1. The standard InChI is InChI=1S/C17H20N2O4S/c1-7-8(2)24-16(11(7)14(18)20)19-15(21)12-9-3-5-10(6-4-9)13(12)17(22)23/h3,5,9-10,12-13H,4,6H2,1-2H3,(H2,18,20)(H,19,21)(H,22,23)/p-1/t9-,10-,12+,13-/m0/s1. The first kappa shape index (κ1) is 16.7. The number of nitrogens with one attached hydrogen (secondary N) is 1. The fourth-order valence-corrected chi connectivity index (χ4v) is 4.95. The van der Waals surface area contributed by atoms with Crippen molar-refractivity contribution in [1.82, 2.24) is 0 Å². The van der Waals surface area contributed by atoms with Gasteiger partial charge in [-0.15, -0.1) is 11.3 Å². The summed E-state index contributed by atoms with van der Waals surface area (Å²) in [6.07, 6.45) is 5.35. The number of hydrogen-bond donors (Lipinski definition) is 2. The number of aliphatic carboxylic acids is 1. The summed E-state index contributed by atoms with van der Waals surface area (Å²) in [6, 6.07) is 0. The van der Waals surface area contributed by atoms with E-state index in [0.717, 1.165) is 23.3 Å². The second kappa shape index (κ2) is 6.05. The number of hydrogen-bond acceptors (Lipinski definition) is 5. The molecule has 4 rings (SSSR count). The highest BCUT2D eigenvalue weighted by Crippen LogP contribution is 2.45. The van der Waals surface area contributed by atoms with Crippen molar-refractivity contribution in [2.45, 2.75) is 26.7 Å². The van der Waals surface area contributed by atoms with E-state index in [1.807, 2.05) is 19.1 Å². The van der Waals surface area contributed by atoms with Gasteiger partial charge < -0.3 is 21.0 Å². The summed E-state index contributed by atoms with van der Waals surface area (Å²) in [4.78, 5) is 36.9. The maximum absolute atomic E-state index is 12.8. The molecule has 1 heterocycles. The summed E-state index contributed by atoms with van der Waals surface area (Å²) in [5, 5.41) is 14.7. The SMILES string of the molecule is Cc1sc(NC(=O)[C@H]2[C@@H](C(=O)[O-])[C@H]3C=C[C@H]2CC3)c(C(N)=O)c1C. The van der Waals surface area contributed by atoms with E-state index < -0.39 is 23.7 Å². The van der Waals surface area contributed by atoms with Crippen LogP contribution in [0.2, 0.25) is 0 Å². The van der Waals surface area contributed by atoms with Crippen LogP contribution in [-0.4, -0.2) is 17.8 Å². The maximum atomic E-state index is 12.8. The van der Waals surface area contributed by atoms with Crippen LogP contribution in [0.25, 0.3) is 0 Å². The van der Waals surface area contributed by atoms with Crippen molar-refractivity contribution in [3.05, 3.63) is 28.2 Å². The number of nitrogens with two attached hydrogens (primary N) is 1. The quantitative estimate of drug-likeness (QED) is 0.791. The van der Waals surface area contributed by atoms with Crippen LogP contribution < -0.4 is 16.2 Å². The molecular formula is C17H19N2O4S-. The third-order valence-electron chi connectivity index (χ3n) is 5.19. The van der Waals surface area contributed by atoms with Gasteiger partial charge in [0.2, 0.25) is 5.91 Å². The van der Waals surface area contributed by atoms with E-state index in [4.69, 9.17) is 5.73 Å². The summed E-state index contributed by atoms with van der Waals surface area (Å²) < 4.78 is 0. The average molecular weight is 347 g/mol. The third kappa shape index (κ3) is 2.62. The van der Waals surface area contributed by atoms with Gasteiger partial charge in [-0.3, -0.25) is 9.59 Å². The lowest BCUT2D eigenvalue weighted by atomic mass is 9.62. The third-order valence-corrected chi connectivity index (χ3v) is 6.31. The fraction of sp³-hybridized carbons (Fsp3) is 0.471. The van der Waals surface area contributed by atoms with E-state index in [-0.39, 0.29) is 17.7 Å². The van der Waals surface area contributed by atoms with Gasteiger partial charge in [0.05, 0.1) is 11.5 Å². The molecule has 4 atom stereocenters. The topological polar surface area (TPSA) is 112 Å². The Bertz CT molecular complexity index is 752. The Kier molecular flexibility index (Phi) is 4.21. The second-order valence-electron chi connectivity index (χ2n) is 6.50. The van der Waals surface area contributed by atoms with E-state index in [0.29, 0.717) is 10.6 Å². The van der Waals surface area contributed by atoms with Crippen LogP contribution in [-0.2, 0) is 9.59 Å². The van der Waals surface area contributed by atoms with E-state index in [1.165, 1.54) is 11.3 Å². The number of allylic oxidation sites excluding steroid dienone is 2. The smallest absolute Gasteiger partial charge is 0.251 e. The van der Waals surface area contributed by atoms with Gasteiger partial charge in [0, 0.05) is 16.8 Å². The van der Waals surface area contributed by atoms with Gasteiger partial charge >= 0.3 is 0 Å². The van der Waals surface area contributed by atoms with Crippen LogP contribution >= 0.6 is 11.3 Å². The maximum Gasteiger partial charge on any atom is 0.251 e. The molecule has 6 nitrogen and oxygen atoms in total. The molecule has 1 fully saturated rings. The van der Waals surface area contributed by atoms with Crippen molar-refractivity contribution >= 4 is 34.1 Å². The van der Waals surface area contributed by atoms with Crippen LogP contribution in [0.3, 0.4) is 0 Å². The molecule has 3 aliphatic carbocycles. The van der Waals surface area contributed by atoms with E-state index in [1.54, 1.807) is 6.92 Å². The Hall–Kier alpha value is -2.15. The van der Waals surface area contributed by atoms with E-state index in [9.17, 15) is 19.5 Å². The normalized spacial score (nSPS) is 27.9. The number of aryl methyl sites for hydroxylation is 1. The number of carboxylic acid groups (broad SMARTS) is 1. The second-order valence-corrected chi connectivity index (χ2v) is 7.73. The number of carboxylic acids is 1. The van der Waals surface area contributed by atoms with Crippen LogP contribution in [0.15, 0.2) is 12.2 Å². The lowest BCUT2D eigenvalue weighted by molar-refractivity contribution is -0.316. The number of carbonyl (C=O) groups excluding carboxylic acids is 3. The van der Waals surface area contributed by atoms with Crippen molar-refractivity contribution < 1.29 is 19.5 Å². The summed E-state index contributed by atoms with van der Waals surface area (Å²) >= 11 is 1.28. The fourth-order valence-electron chi connectivity index (χ4n) is 3.88. The molecule has 1 saturated carbocycles. The molecule has 2 bridgehead atoms. The zero-order valence-corrected chi connectivity index (χ0v) is 14.3. The number of anilines is 1. The molecule has 0 aromatic carbocycles. The molecule has 0 aliphatic heterocycles. The number of fused-ring (bicyclic) bond motifs is 2. The van der Waals surface area contributed by atoms with Crippen molar-refractivity contribution in [1.29, 1.82) is 0 Å². The first-order valence-electron chi connectivity index (χ1n) is 7.91. The summed E-state index contributed by atoms with van der Waals surface area (Å²) in [7, 11) is 0. The molecule has 0 radical (unpaired) electrons. The molecule has 0 unspecified atom stereocenters. The molecule has 2 amide bonds. The van der Waals surface area contributed by atoms with E-state index >= 15 is 0 Å². The van der Waals surface area contributed by atoms with Crippen molar-refractivity contribution in [2.75, 3.05) is 5.32 Å². The van der Waals surface area contributed by atoms with Gasteiger partial charge in [-0.2, -0.15) is 0 Å². The highest BCUT2D eigenvalue weighted by atomic mass is 32.1. The van der Waals surface area contributed by atoms with Gasteiger partial charge in [0.15, 0.2) is 0 Å². The van der Waals surface area contributed by atoms with Crippen LogP contribution in [0, 0.1) is 37.5 Å². The number of amides is 2. The Labute approximate surface area is 143 Å². The molecule has 128 valence electrons. The van der Waals surface area contributed by atoms with Crippen LogP contribution in [0.5, 0.6) is 0 Å². The Balaban J connectivity index is 1.90. The van der Waals surface area contributed by atoms with Crippen molar-refractivity contribution in [3.8, 4) is 0 Å². The largest absolute Gasteiger partial charge is 0.550 e. The average Bonchev–Trinajstić information content (AvgIpc) is 2.81. The Morgan fingerprint density at radius 2 is 1.75 bits per heavy atom.